The molecule has 0 fully saturated rings. The minimum atomic E-state index is 0.189. The lowest BCUT2D eigenvalue weighted by molar-refractivity contribution is 0.590. The lowest BCUT2D eigenvalue weighted by Gasteiger charge is -2.22. The van der Waals surface area contributed by atoms with Gasteiger partial charge in [0.15, 0.2) is 0 Å². The molecule has 1 heterocycles. The van der Waals surface area contributed by atoms with E-state index >= 15 is 0 Å². The Hall–Kier alpha value is -1.97. The molecule has 0 amide bonds. The van der Waals surface area contributed by atoms with Gasteiger partial charge in [0, 0.05) is 18.8 Å². The third-order valence-electron chi connectivity index (χ3n) is 3.23. The molecule has 0 radical (unpaired) electrons. The van der Waals surface area contributed by atoms with Crippen molar-refractivity contribution in [2.75, 3.05) is 17.7 Å². The van der Waals surface area contributed by atoms with Crippen molar-refractivity contribution in [2.45, 2.75) is 32.7 Å². The van der Waals surface area contributed by atoms with Crippen LogP contribution in [0, 0.1) is 0 Å². The summed E-state index contributed by atoms with van der Waals surface area (Å²) >= 11 is 0. The molecule has 19 heavy (non-hydrogen) atoms. The first-order valence-electron chi connectivity index (χ1n) is 6.48. The smallest absolute Gasteiger partial charge is 0.145 e. The van der Waals surface area contributed by atoms with E-state index in [2.05, 4.69) is 67.2 Å². The van der Waals surface area contributed by atoms with Crippen molar-refractivity contribution in [1.82, 2.24) is 10.2 Å². The SMILES string of the molecule is CN(Cc1cc(N)n[nH]1)c1ccc(C(C)(C)C)cc1. The van der Waals surface area contributed by atoms with Crippen LogP contribution in [0.25, 0.3) is 0 Å². The Bertz CT molecular complexity index is 534. The molecule has 1 aromatic carbocycles. The molecule has 0 saturated carbocycles. The number of hydrogen-bond donors (Lipinski definition) is 2. The molecule has 4 nitrogen and oxygen atoms in total. The van der Waals surface area contributed by atoms with Crippen molar-refractivity contribution in [3.63, 3.8) is 0 Å². The van der Waals surface area contributed by atoms with Crippen LogP contribution in [-0.4, -0.2) is 17.2 Å². The van der Waals surface area contributed by atoms with Gasteiger partial charge in [0.25, 0.3) is 0 Å². The van der Waals surface area contributed by atoms with Crippen LogP contribution in [-0.2, 0) is 12.0 Å². The van der Waals surface area contributed by atoms with Crippen LogP contribution in [0.15, 0.2) is 30.3 Å². The zero-order valence-electron chi connectivity index (χ0n) is 12.1. The molecule has 0 atom stereocenters. The standard InChI is InChI=1S/C15H22N4/c1-15(2,3)11-5-7-13(8-6-11)19(4)10-12-9-14(16)18-17-12/h5-9H,10H2,1-4H3,(H3,16,17,18). The molecule has 0 bridgehead atoms. The topological polar surface area (TPSA) is 57.9 Å². The summed E-state index contributed by atoms with van der Waals surface area (Å²) < 4.78 is 0. The zero-order valence-corrected chi connectivity index (χ0v) is 12.1. The van der Waals surface area contributed by atoms with Gasteiger partial charge in [-0.2, -0.15) is 5.10 Å². The lowest BCUT2D eigenvalue weighted by Crippen LogP contribution is -2.17. The predicted octanol–water partition coefficient (Wildman–Crippen LogP) is 2.93. The maximum atomic E-state index is 5.60. The number of rotatable bonds is 3. The Labute approximate surface area is 114 Å². The first-order chi connectivity index (χ1) is 8.86. The van der Waals surface area contributed by atoms with Crippen molar-refractivity contribution in [3.05, 3.63) is 41.6 Å². The number of nitrogen functional groups attached to an aromatic ring is 1. The van der Waals surface area contributed by atoms with E-state index in [1.807, 2.05) is 6.07 Å². The molecule has 0 aliphatic heterocycles. The number of aromatic nitrogens is 2. The third kappa shape index (κ3) is 3.28. The minimum Gasteiger partial charge on any atom is -0.382 e. The molecule has 0 aliphatic rings. The quantitative estimate of drug-likeness (QED) is 0.890. The van der Waals surface area contributed by atoms with Gasteiger partial charge in [-0.3, -0.25) is 5.10 Å². The molecular weight excluding hydrogens is 236 g/mol. The maximum Gasteiger partial charge on any atom is 0.145 e. The highest BCUT2D eigenvalue weighted by Gasteiger charge is 2.13. The highest BCUT2D eigenvalue weighted by Crippen LogP contribution is 2.25. The summed E-state index contributed by atoms with van der Waals surface area (Å²) in [6, 6.07) is 10.5. The molecule has 3 N–H and O–H groups in total. The number of hydrogen-bond acceptors (Lipinski definition) is 3. The average molecular weight is 258 g/mol. The molecule has 0 unspecified atom stereocenters. The van der Waals surface area contributed by atoms with Crippen molar-refractivity contribution in [2.24, 2.45) is 0 Å². The van der Waals surface area contributed by atoms with Gasteiger partial charge < -0.3 is 10.6 Å². The van der Waals surface area contributed by atoms with E-state index in [0.29, 0.717) is 5.82 Å². The van der Waals surface area contributed by atoms with Gasteiger partial charge in [0.05, 0.1) is 12.2 Å². The van der Waals surface area contributed by atoms with Crippen molar-refractivity contribution >= 4 is 11.5 Å². The third-order valence-corrected chi connectivity index (χ3v) is 3.23. The first-order valence-corrected chi connectivity index (χ1v) is 6.48. The normalized spacial score (nSPS) is 11.6. The van der Waals surface area contributed by atoms with Crippen LogP contribution in [0.1, 0.15) is 32.0 Å². The number of nitrogens with one attached hydrogen (secondary N) is 1. The van der Waals surface area contributed by atoms with Crippen molar-refractivity contribution < 1.29 is 0 Å². The molecule has 2 aromatic rings. The summed E-state index contributed by atoms with van der Waals surface area (Å²) in [6.45, 7) is 7.43. The summed E-state index contributed by atoms with van der Waals surface area (Å²) in [6.07, 6.45) is 0. The Balaban J connectivity index is 2.09. The highest BCUT2D eigenvalue weighted by atomic mass is 15.2. The summed E-state index contributed by atoms with van der Waals surface area (Å²) in [4.78, 5) is 2.17. The van der Waals surface area contributed by atoms with E-state index in [4.69, 9.17) is 5.73 Å². The highest BCUT2D eigenvalue weighted by molar-refractivity contribution is 5.48. The summed E-state index contributed by atoms with van der Waals surface area (Å²) in [7, 11) is 2.06. The second kappa shape index (κ2) is 4.96. The molecule has 2 rings (SSSR count). The van der Waals surface area contributed by atoms with Crippen LogP contribution in [0.2, 0.25) is 0 Å². The van der Waals surface area contributed by atoms with Gasteiger partial charge in [0.2, 0.25) is 0 Å². The Morgan fingerprint density at radius 2 is 1.84 bits per heavy atom. The Kier molecular flexibility index (Phi) is 3.51. The number of benzene rings is 1. The largest absolute Gasteiger partial charge is 0.382 e. The molecule has 0 aliphatic carbocycles. The molecule has 0 saturated heterocycles. The summed E-state index contributed by atoms with van der Waals surface area (Å²) in [5.74, 6) is 0.534. The van der Waals surface area contributed by atoms with Crippen molar-refractivity contribution in [1.29, 1.82) is 0 Å². The molecule has 0 spiro atoms. The minimum absolute atomic E-state index is 0.189. The van der Waals surface area contributed by atoms with E-state index in [1.165, 1.54) is 11.3 Å². The van der Waals surface area contributed by atoms with Crippen LogP contribution in [0.5, 0.6) is 0 Å². The molecule has 102 valence electrons. The van der Waals surface area contributed by atoms with Gasteiger partial charge in [-0.25, -0.2) is 0 Å². The number of nitrogens with zero attached hydrogens (tertiary/aromatic N) is 2. The van der Waals surface area contributed by atoms with Crippen LogP contribution in [0.4, 0.5) is 11.5 Å². The number of H-pyrrole nitrogens is 1. The predicted molar refractivity (Wildman–Crippen MR) is 80.2 cm³/mol. The average Bonchev–Trinajstić information content (AvgIpc) is 2.74. The maximum absolute atomic E-state index is 5.60. The van der Waals surface area contributed by atoms with E-state index in [1.54, 1.807) is 0 Å². The van der Waals surface area contributed by atoms with E-state index in [-0.39, 0.29) is 5.41 Å². The second-order valence-electron chi connectivity index (χ2n) is 5.97. The van der Waals surface area contributed by atoms with Crippen LogP contribution >= 0.6 is 0 Å². The van der Waals surface area contributed by atoms with Crippen LogP contribution < -0.4 is 10.6 Å². The number of nitrogens with two attached hydrogens (primary N) is 1. The molecular formula is C15H22N4. The van der Waals surface area contributed by atoms with E-state index in [9.17, 15) is 0 Å². The van der Waals surface area contributed by atoms with Crippen LogP contribution in [0.3, 0.4) is 0 Å². The van der Waals surface area contributed by atoms with Gasteiger partial charge in [-0.05, 0) is 23.1 Å². The number of aromatic amines is 1. The molecule has 1 aromatic heterocycles. The summed E-state index contributed by atoms with van der Waals surface area (Å²) in [5.41, 5.74) is 9.33. The zero-order chi connectivity index (χ0) is 14.0. The van der Waals surface area contributed by atoms with E-state index < -0.39 is 0 Å². The lowest BCUT2D eigenvalue weighted by atomic mass is 9.87. The van der Waals surface area contributed by atoms with Gasteiger partial charge in [-0.1, -0.05) is 32.9 Å². The summed E-state index contributed by atoms with van der Waals surface area (Å²) in [5, 5.41) is 6.86. The monoisotopic (exact) mass is 258 g/mol. The molecule has 4 heteroatoms. The first kappa shape index (κ1) is 13.5. The van der Waals surface area contributed by atoms with Gasteiger partial charge >= 0.3 is 0 Å². The Morgan fingerprint density at radius 3 is 2.32 bits per heavy atom. The second-order valence-corrected chi connectivity index (χ2v) is 5.97. The number of anilines is 2. The van der Waals surface area contributed by atoms with Crippen molar-refractivity contribution in [3.8, 4) is 0 Å². The fraction of sp³-hybridized carbons (Fsp3) is 0.400. The Morgan fingerprint density at radius 1 is 1.21 bits per heavy atom. The van der Waals surface area contributed by atoms with E-state index in [0.717, 1.165) is 12.2 Å². The van der Waals surface area contributed by atoms with Gasteiger partial charge in [-0.15, -0.1) is 0 Å². The fourth-order valence-corrected chi connectivity index (χ4v) is 2.02. The fourth-order valence-electron chi connectivity index (χ4n) is 2.02. The van der Waals surface area contributed by atoms with Gasteiger partial charge in [0.1, 0.15) is 5.82 Å².